The van der Waals surface area contributed by atoms with Gasteiger partial charge in [-0.25, -0.2) is 0 Å². The van der Waals surface area contributed by atoms with E-state index in [1.807, 2.05) is 41.3 Å². The second-order valence-electron chi connectivity index (χ2n) is 7.18. The minimum absolute atomic E-state index is 0.113. The van der Waals surface area contributed by atoms with Gasteiger partial charge in [-0.2, -0.15) is 0 Å². The van der Waals surface area contributed by atoms with E-state index in [2.05, 4.69) is 15.2 Å². The number of ether oxygens (including phenoxy) is 1. The van der Waals surface area contributed by atoms with Gasteiger partial charge in [-0.15, -0.1) is 10.2 Å². The van der Waals surface area contributed by atoms with Crippen LogP contribution in [0.1, 0.15) is 37.7 Å². The molecule has 0 bridgehead atoms. The molecule has 2 aromatic heterocycles. The van der Waals surface area contributed by atoms with Crippen molar-refractivity contribution in [1.82, 2.24) is 15.2 Å². The number of hydrogen-bond acceptors (Lipinski definition) is 6. The van der Waals surface area contributed by atoms with Crippen molar-refractivity contribution in [3.8, 4) is 16.3 Å². The van der Waals surface area contributed by atoms with Crippen LogP contribution in [0, 0.1) is 0 Å². The van der Waals surface area contributed by atoms with Crippen LogP contribution in [0.5, 0.6) is 5.75 Å². The Labute approximate surface area is 174 Å². The van der Waals surface area contributed by atoms with Crippen molar-refractivity contribution in [2.45, 2.75) is 44.6 Å². The zero-order chi connectivity index (χ0) is 20.1. The smallest absolute Gasteiger partial charge is 0.229 e. The van der Waals surface area contributed by atoms with Crippen LogP contribution < -0.4 is 9.64 Å². The van der Waals surface area contributed by atoms with E-state index in [-0.39, 0.29) is 11.9 Å². The lowest BCUT2D eigenvalue weighted by Crippen LogP contribution is -2.39. The van der Waals surface area contributed by atoms with Crippen LogP contribution in [0.3, 0.4) is 0 Å². The van der Waals surface area contributed by atoms with E-state index < -0.39 is 0 Å². The molecular formula is C22H24N4O2S. The monoisotopic (exact) mass is 408 g/mol. The number of methoxy groups -OCH3 is 1. The van der Waals surface area contributed by atoms with E-state index in [4.69, 9.17) is 4.74 Å². The fourth-order valence-electron chi connectivity index (χ4n) is 3.71. The number of pyridine rings is 1. The number of benzene rings is 1. The molecule has 1 fully saturated rings. The number of amides is 1. The summed E-state index contributed by atoms with van der Waals surface area (Å²) in [5.74, 6) is 0.936. The van der Waals surface area contributed by atoms with Crippen molar-refractivity contribution in [3.63, 3.8) is 0 Å². The van der Waals surface area contributed by atoms with Crippen LogP contribution in [0.15, 0.2) is 48.8 Å². The standard InChI is InChI=1S/C22H24N4O2S/c1-28-19-11-8-16(9-12-19)10-13-20(27)26(18-6-2-3-7-18)22-25-24-21(29-22)17-5-4-14-23-15-17/h4-5,8-9,11-12,14-15,18H,2-3,6-7,10,13H2,1H3. The molecule has 2 heterocycles. The normalized spacial score (nSPS) is 14.1. The number of nitrogens with zero attached hydrogens (tertiary/aromatic N) is 4. The van der Waals surface area contributed by atoms with Gasteiger partial charge in [-0.3, -0.25) is 14.7 Å². The van der Waals surface area contributed by atoms with Gasteiger partial charge in [0.2, 0.25) is 11.0 Å². The molecule has 1 aliphatic carbocycles. The molecule has 0 unspecified atom stereocenters. The number of anilines is 1. The first-order valence-corrected chi connectivity index (χ1v) is 10.7. The molecule has 3 aromatic rings. The Kier molecular flexibility index (Phi) is 6.14. The highest BCUT2D eigenvalue weighted by molar-refractivity contribution is 7.18. The molecule has 0 spiro atoms. The number of carbonyl (C=O) groups excluding carboxylic acids is 1. The SMILES string of the molecule is COc1ccc(CCC(=O)N(c2nnc(-c3cccnc3)s2)C2CCCC2)cc1. The van der Waals surface area contributed by atoms with E-state index >= 15 is 0 Å². The summed E-state index contributed by atoms with van der Waals surface area (Å²) in [4.78, 5) is 19.3. The number of carbonyl (C=O) groups is 1. The van der Waals surface area contributed by atoms with Gasteiger partial charge in [0.15, 0.2) is 5.01 Å². The maximum atomic E-state index is 13.2. The average Bonchev–Trinajstić information content (AvgIpc) is 3.47. The van der Waals surface area contributed by atoms with Crippen LogP contribution in [0.25, 0.3) is 10.6 Å². The van der Waals surface area contributed by atoms with Crippen molar-refractivity contribution >= 4 is 22.4 Å². The highest BCUT2D eigenvalue weighted by Crippen LogP contribution is 2.34. The van der Waals surface area contributed by atoms with Crippen molar-refractivity contribution in [3.05, 3.63) is 54.4 Å². The summed E-state index contributed by atoms with van der Waals surface area (Å²) in [5, 5.41) is 10.2. The molecule has 150 valence electrons. The maximum Gasteiger partial charge on any atom is 0.229 e. The predicted octanol–water partition coefficient (Wildman–Crippen LogP) is 4.52. The second kappa shape index (κ2) is 9.13. The Bertz CT molecular complexity index is 937. The molecule has 7 heteroatoms. The fourth-order valence-corrected chi connectivity index (χ4v) is 4.64. The third-order valence-corrected chi connectivity index (χ3v) is 6.25. The van der Waals surface area contributed by atoms with Crippen molar-refractivity contribution in [2.24, 2.45) is 0 Å². The van der Waals surface area contributed by atoms with Crippen LogP contribution in [0.4, 0.5) is 5.13 Å². The van der Waals surface area contributed by atoms with Gasteiger partial charge in [0, 0.05) is 30.4 Å². The first-order valence-electron chi connectivity index (χ1n) is 9.93. The lowest BCUT2D eigenvalue weighted by molar-refractivity contribution is -0.119. The van der Waals surface area contributed by atoms with Gasteiger partial charge >= 0.3 is 0 Å². The third-order valence-electron chi connectivity index (χ3n) is 5.27. The van der Waals surface area contributed by atoms with E-state index in [1.54, 1.807) is 19.5 Å². The first-order chi connectivity index (χ1) is 14.2. The number of rotatable bonds is 7. The minimum atomic E-state index is 0.113. The number of hydrogen-bond donors (Lipinski definition) is 0. The highest BCUT2D eigenvalue weighted by Gasteiger charge is 2.30. The Morgan fingerprint density at radius 1 is 1.17 bits per heavy atom. The molecule has 0 atom stereocenters. The lowest BCUT2D eigenvalue weighted by atomic mass is 10.1. The summed E-state index contributed by atoms with van der Waals surface area (Å²) >= 11 is 1.46. The summed E-state index contributed by atoms with van der Waals surface area (Å²) in [6.45, 7) is 0. The Morgan fingerprint density at radius 3 is 2.66 bits per heavy atom. The van der Waals surface area contributed by atoms with Crippen molar-refractivity contribution < 1.29 is 9.53 Å². The zero-order valence-corrected chi connectivity index (χ0v) is 17.3. The van der Waals surface area contributed by atoms with E-state index in [0.29, 0.717) is 18.0 Å². The maximum absolute atomic E-state index is 13.2. The van der Waals surface area contributed by atoms with Gasteiger partial charge < -0.3 is 4.74 Å². The molecule has 1 saturated carbocycles. The summed E-state index contributed by atoms with van der Waals surface area (Å²) in [6, 6.07) is 11.9. The lowest BCUT2D eigenvalue weighted by Gasteiger charge is -2.26. The topological polar surface area (TPSA) is 68.2 Å². The molecule has 29 heavy (non-hydrogen) atoms. The molecule has 0 saturated heterocycles. The van der Waals surface area contributed by atoms with Crippen LogP contribution in [-0.2, 0) is 11.2 Å². The fraction of sp³-hybridized carbons (Fsp3) is 0.364. The molecule has 0 N–H and O–H groups in total. The largest absolute Gasteiger partial charge is 0.497 e. The Balaban J connectivity index is 1.50. The average molecular weight is 409 g/mol. The van der Waals surface area contributed by atoms with Gasteiger partial charge in [-0.05, 0) is 49.1 Å². The van der Waals surface area contributed by atoms with Crippen LogP contribution in [0.2, 0.25) is 0 Å². The molecule has 0 aliphatic heterocycles. The first kappa shape index (κ1) is 19.5. The van der Waals surface area contributed by atoms with E-state index in [1.165, 1.54) is 11.3 Å². The quantitative estimate of drug-likeness (QED) is 0.575. The van der Waals surface area contributed by atoms with Crippen molar-refractivity contribution in [2.75, 3.05) is 12.0 Å². The predicted molar refractivity (Wildman–Crippen MR) is 114 cm³/mol. The van der Waals surface area contributed by atoms with Gasteiger partial charge in [0.05, 0.1) is 7.11 Å². The molecule has 1 aromatic carbocycles. The zero-order valence-electron chi connectivity index (χ0n) is 16.5. The molecular weight excluding hydrogens is 384 g/mol. The molecule has 1 aliphatic rings. The van der Waals surface area contributed by atoms with Gasteiger partial charge in [0.25, 0.3) is 0 Å². The summed E-state index contributed by atoms with van der Waals surface area (Å²) in [6.07, 6.45) is 9.01. The number of aryl methyl sites for hydroxylation is 1. The minimum Gasteiger partial charge on any atom is -0.497 e. The Morgan fingerprint density at radius 2 is 1.97 bits per heavy atom. The molecule has 1 amide bonds. The summed E-state index contributed by atoms with van der Waals surface area (Å²) < 4.78 is 5.20. The summed E-state index contributed by atoms with van der Waals surface area (Å²) in [7, 11) is 1.65. The molecule has 0 radical (unpaired) electrons. The van der Waals surface area contributed by atoms with Crippen molar-refractivity contribution in [1.29, 1.82) is 0 Å². The van der Waals surface area contributed by atoms with Crippen LogP contribution in [-0.4, -0.2) is 34.2 Å². The molecule has 4 rings (SSSR count). The van der Waals surface area contributed by atoms with Gasteiger partial charge in [-0.1, -0.05) is 36.3 Å². The van der Waals surface area contributed by atoms with Gasteiger partial charge in [0.1, 0.15) is 5.75 Å². The molecule has 6 nitrogen and oxygen atoms in total. The van der Waals surface area contributed by atoms with Crippen LogP contribution >= 0.6 is 11.3 Å². The Hall–Kier alpha value is -2.80. The second-order valence-corrected chi connectivity index (χ2v) is 8.14. The third kappa shape index (κ3) is 4.62. The summed E-state index contributed by atoms with van der Waals surface area (Å²) in [5.41, 5.74) is 2.05. The van der Waals surface area contributed by atoms with E-state index in [9.17, 15) is 4.79 Å². The highest BCUT2D eigenvalue weighted by atomic mass is 32.1. The number of aromatic nitrogens is 3. The van der Waals surface area contributed by atoms with E-state index in [0.717, 1.165) is 47.6 Å².